The Morgan fingerprint density at radius 3 is 2.42 bits per heavy atom. The number of nitrogens with one attached hydrogen (secondary N) is 1. The fourth-order valence-corrected chi connectivity index (χ4v) is 3.52. The van der Waals surface area contributed by atoms with Gasteiger partial charge in [-0.05, 0) is 36.4 Å². The van der Waals surface area contributed by atoms with Crippen LogP contribution in [0.4, 0.5) is 6.01 Å². The van der Waals surface area contributed by atoms with Crippen molar-refractivity contribution in [3.63, 3.8) is 0 Å². The number of halogens is 1. The molecule has 134 valence electrons. The lowest BCUT2D eigenvalue weighted by Crippen LogP contribution is -2.11. The summed E-state index contributed by atoms with van der Waals surface area (Å²) in [7, 11) is -3.45. The number of carbonyl (C=O) groups is 1. The molecule has 0 saturated carbocycles. The Morgan fingerprint density at radius 2 is 1.73 bits per heavy atom. The summed E-state index contributed by atoms with van der Waals surface area (Å²) in [5.74, 6) is -0.492. The highest BCUT2D eigenvalue weighted by atomic mass is 35.5. The van der Waals surface area contributed by atoms with Gasteiger partial charge in [0.25, 0.3) is 5.91 Å². The molecule has 1 amide bonds. The number of carbonyl (C=O) groups excluding carboxylic acids is 1. The lowest BCUT2D eigenvalue weighted by atomic mass is 10.2. The van der Waals surface area contributed by atoms with Crippen molar-refractivity contribution in [2.45, 2.75) is 11.3 Å². The number of rotatable bonds is 6. The average molecular weight is 392 g/mol. The molecule has 2 aromatic carbocycles. The molecule has 1 heterocycles. The van der Waals surface area contributed by atoms with Crippen LogP contribution in [-0.2, 0) is 16.3 Å². The van der Waals surface area contributed by atoms with Gasteiger partial charge in [-0.2, -0.15) is 0 Å². The van der Waals surface area contributed by atoms with E-state index < -0.39 is 15.7 Å². The lowest BCUT2D eigenvalue weighted by Gasteiger charge is -2.02. The van der Waals surface area contributed by atoms with Gasteiger partial charge in [0.05, 0.1) is 10.6 Å². The second kappa shape index (κ2) is 7.67. The molecule has 0 aliphatic rings. The van der Waals surface area contributed by atoms with E-state index in [1.165, 1.54) is 12.1 Å². The molecule has 0 saturated heterocycles. The van der Waals surface area contributed by atoms with Crippen molar-refractivity contribution in [3.05, 3.63) is 71.1 Å². The topological polar surface area (TPSA) is 102 Å². The van der Waals surface area contributed by atoms with Gasteiger partial charge in [0.2, 0.25) is 5.89 Å². The summed E-state index contributed by atoms with van der Waals surface area (Å²) in [6.07, 6.45) is 0.0427. The van der Waals surface area contributed by atoms with Crippen molar-refractivity contribution in [1.82, 2.24) is 10.2 Å². The Bertz CT molecular complexity index is 1000. The molecule has 0 spiro atoms. The first-order chi connectivity index (χ1) is 12.4. The molecule has 1 N–H and O–H groups in total. The summed E-state index contributed by atoms with van der Waals surface area (Å²) < 4.78 is 29.8. The van der Waals surface area contributed by atoms with E-state index in [4.69, 9.17) is 16.0 Å². The maximum absolute atomic E-state index is 12.2. The van der Waals surface area contributed by atoms with Crippen LogP contribution in [0.15, 0.2) is 63.9 Å². The summed E-state index contributed by atoms with van der Waals surface area (Å²) in [6, 6.07) is 14.3. The van der Waals surface area contributed by atoms with Crippen molar-refractivity contribution >= 4 is 33.4 Å². The molecule has 0 radical (unpaired) electrons. The Labute approximate surface area is 154 Å². The van der Waals surface area contributed by atoms with Crippen molar-refractivity contribution in [2.24, 2.45) is 0 Å². The number of sulfone groups is 1. The number of anilines is 1. The summed E-state index contributed by atoms with van der Waals surface area (Å²) in [4.78, 5) is 12.3. The van der Waals surface area contributed by atoms with E-state index in [9.17, 15) is 13.2 Å². The van der Waals surface area contributed by atoms with E-state index in [2.05, 4.69) is 15.5 Å². The molecule has 0 atom stereocenters. The average Bonchev–Trinajstić information content (AvgIpc) is 3.09. The number of amides is 1. The third kappa shape index (κ3) is 4.47. The molecule has 3 aromatic rings. The Kier molecular flexibility index (Phi) is 5.34. The number of benzene rings is 2. The van der Waals surface area contributed by atoms with E-state index in [0.717, 1.165) is 0 Å². The van der Waals surface area contributed by atoms with Crippen molar-refractivity contribution in [1.29, 1.82) is 0 Å². The molecule has 26 heavy (non-hydrogen) atoms. The largest absolute Gasteiger partial charge is 0.408 e. The minimum absolute atomic E-state index is 0.0427. The predicted octanol–water partition coefficient (Wildman–Crippen LogP) is 2.99. The highest BCUT2D eigenvalue weighted by Gasteiger charge is 2.17. The third-order valence-corrected chi connectivity index (χ3v) is 5.46. The standard InChI is InChI=1S/C17H14ClN3O4S/c18-13-8-6-12(7-9-13)16(22)19-17-21-20-15(25-17)10-11-26(23,24)14-4-2-1-3-5-14/h1-9H,10-11H2,(H,19,21,22). The molecule has 0 bridgehead atoms. The van der Waals surface area contributed by atoms with Crippen LogP contribution in [0, 0.1) is 0 Å². The van der Waals surface area contributed by atoms with Crippen molar-refractivity contribution < 1.29 is 17.6 Å². The first-order valence-electron chi connectivity index (χ1n) is 7.61. The van der Waals surface area contributed by atoms with Gasteiger partial charge in [0, 0.05) is 17.0 Å². The zero-order valence-corrected chi connectivity index (χ0v) is 15.0. The van der Waals surface area contributed by atoms with Crippen molar-refractivity contribution in [2.75, 3.05) is 11.1 Å². The molecular formula is C17H14ClN3O4S. The van der Waals surface area contributed by atoms with Crippen molar-refractivity contribution in [3.8, 4) is 0 Å². The Morgan fingerprint density at radius 1 is 1.04 bits per heavy atom. The molecule has 9 heteroatoms. The number of hydrogen-bond acceptors (Lipinski definition) is 6. The van der Waals surface area contributed by atoms with E-state index in [0.29, 0.717) is 10.6 Å². The number of aromatic nitrogens is 2. The van der Waals surface area contributed by atoms with Gasteiger partial charge < -0.3 is 4.42 Å². The van der Waals surface area contributed by atoms with E-state index in [1.54, 1.807) is 42.5 Å². The minimum atomic E-state index is -3.45. The second-order valence-electron chi connectivity index (χ2n) is 5.34. The van der Waals surface area contributed by atoms with Gasteiger partial charge in [0.1, 0.15) is 0 Å². The first-order valence-corrected chi connectivity index (χ1v) is 9.64. The zero-order chi connectivity index (χ0) is 18.6. The normalized spacial score (nSPS) is 11.3. The Balaban J connectivity index is 1.61. The maximum Gasteiger partial charge on any atom is 0.322 e. The smallest absolute Gasteiger partial charge is 0.322 e. The van der Waals surface area contributed by atoms with Gasteiger partial charge in [-0.15, -0.1) is 5.10 Å². The zero-order valence-electron chi connectivity index (χ0n) is 13.4. The van der Waals surface area contributed by atoms with E-state index in [-0.39, 0.29) is 29.0 Å². The van der Waals surface area contributed by atoms with Gasteiger partial charge in [0.15, 0.2) is 9.84 Å². The van der Waals surface area contributed by atoms with Gasteiger partial charge >= 0.3 is 6.01 Å². The van der Waals surface area contributed by atoms with Gasteiger partial charge in [-0.3, -0.25) is 10.1 Å². The molecule has 0 aliphatic carbocycles. The number of hydrogen-bond donors (Lipinski definition) is 1. The van der Waals surface area contributed by atoms with Crippen LogP contribution in [0.3, 0.4) is 0 Å². The van der Waals surface area contributed by atoms with Crippen LogP contribution in [0.5, 0.6) is 0 Å². The SMILES string of the molecule is O=C(Nc1nnc(CCS(=O)(=O)c2ccccc2)o1)c1ccc(Cl)cc1. The van der Waals surface area contributed by atoms with Crippen LogP contribution < -0.4 is 5.32 Å². The van der Waals surface area contributed by atoms with Crippen LogP contribution in [0.2, 0.25) is 5.02 Å². The van der Waals surface area contributed by atoms with Crippen LogP contribution >= 0.6 is 11.6 Å². The summed E-state index contributed by atoms with van der Waals surface area (Å²) in [6.45, 7) is 0. The summed E-state index contributed by atoms with van der Waals surface area (Å²) >= 11 is 5.77. The predicted molar refractivity (Wildman–Crippen MR) is 95.9 cm³/mol. The van der Waals surface area contributed by atoms with Gasteiger partial charge in [-0.1, -0.05) is 34.9 Å². The van der Waals surface area contributed by atoms with Crippen LogP contribution in [0.1, 0.15) is 16.2 Å². The summed E-state index contributed by atoms with van der Waals surface area (Å²) in [5, 5.41) is 10.4. The molecule has 0 fully saturated rings. The molecule has 0 aliphatic heterocycles. The van der Waals surface area contributed by atoms with Crippen LogP contribution in [0.25, 0.3) is 0 Å². The monoisotopic (exact) mass is 391 g/mol. The first kappa shape index (κ1) is 18.1. The fraction of sp³-hybridized carbons (Fsp3) is 0.118. The quantitative estimate of drug-likeness (QED) is 0.693. The number of aryl methyl sites for hydroxylation is 1. The fourth-order valence-electron chi connectivity index (χ4n) is 2.14. The Hall–Kier alpha value is -2.71. The molecule has 1 aromatic heterocycles. The highest BCUT2D eigenvalue weighted by Crippen LogP contribution is 2.15. The highest BCUT2D eigenvalue weighted by molar-refractivity contribution is 7.91. The summed E-state index contributed by atoms with van der Waals surface area (Å²) in [5.41, 5.74) is 0.376. The molecular weight excluding hydrogens is 378 g/mol. The maximum atomic E-state index is 12.2. The van der Waals surface area contributed by atoms with Gasteiger partial charge in [-0.25, -0.2) is 8.42 Å². The van der Waals surface area contributed by atoms with Crippen LogP contribution in [-0.4, -0.2) is 30.3 Å². The number of nitrogens with zero attached hydrogens (tertiary/aromatic N) is 2. The molecule has 3 rings (SSSR count). The van der Waals surface area contributed by atoms with E-state index >= 15 is 0 Å². The lowest BCUT2D eigenvalue weighted by molar-refractivity contribution is 0.102. The van der Waals surface area contributed by atoms with E-state index in [1.807, 2.05) is 0 Å². The molecule has 0 unspecified atom stereocenters. The minimum Gasteiger partial charge on any atom is -0.408 e. The second-order valence-corrected chi connectivity index (χ2v) is 7.89. The molecule has 7 nitrogen and oxygen atoms in total. The third-order valence-electron chi connectivity index (χ3n) is 3.48.